The number of nitrogens with one attached hydrogen (secondary N) is 3. The van der Waals surface area contributed by atoms with Gasteiger partial charge in [-0.05, 0) is 6.92 Å². The van der Waals surface area contributed by atoms with Crippen LogP contribution in [-0.2, 0) is 20.8 Å². The van der Waals surface area contributed by atoms with E-state index in [0.29, 0.717) is 5.69 Å². The SMILES string of the molecule is C[C@H](N)C(=O)N[C@@H](CO)C(=O)N[C@@H](Cc1cnc[nH]1)C(=O)O. The molecule has 0 aliphatic rings. The van der Waals surface area contributed by atoms with Crippen molar-refractivity contribution in [1.29, 1.82) is 0 Å². The minimum Gasteiger partial charge on any atom is -0.480 e. The van der Waals surface area contributed by atoms with E-state index in [-0.39, 0.29) is 6.42 Å². The molecule has 0 unspecified atom stereocenters. The van der Waals surface area contributed by atoms with Gasteiger partial charge in [0.1, 0.15) is 12.1 Å². The predicted octanol–water partition coefficient (Wildman–Crippen LogP) is -2.65. The molecule has 0 radical (unpaired) electrons. The number of carboxylic acids is 1. The van der Waals surface area contributed by atoms with Crippen molar-refractivity contribution in [2.24, 2.45) is 5.73 Å². The van der Waals surface area contributed by atoms with E-state index in [1.807, 2.05) is 0 Å². The van der Waals surface area contributed by atoms with Gasteiger partial charge in [-0.2, -0.15) is 0 Å². The number of H-pyrrole nitrogens is 1. The maximum atomic E-state index is 12.0. The van der Waals surface area contributed by atoms with Crippen molar-refractivity contribution in [3.63, 3.8) is 0 Å². The third-order valence-electron chi connectivity index (χ3n) is 2.82. The Morgan fingerprint density at radius 3 is 2.41 bits per heavy atom. The van der Waals surface area contributed by atoms with E-state index in [0.717, 1.165) is 0 Å². The summed E-state index contributed by atoms with van der Waals surface area (Å²) in [7, 11) is 0. The van der Waals surface area contributed by atoms with Crippen molar-refractivity contribution in [3.8, 4) is 0 Å². The van der Waals surface area contributed by atoms with E-state index in [2.05, 4.69) is 20.6 Å². The lowest BCUT2D eigenvalue weighted by Gasteiger charge is -2.20. The molecule has 0 saturated heterocycles. The Bertz CT molecular complexity index is 516. The van der Waals surface area contributed by atoms with Crippen molar-refractivity contribution in [2.45, 2.75) is 31.5 Å². The van der Waals surface area contributed by atoms with Crippen molar-refractivity contribution >= 4 is 17.8 Å². The van der Waals surface area contributed by atoms with E-state index in [1.54, 1.807) is 0 Å². The molecule has 7 N–H and O–H groups in total. The molecule has 0 aliphatic carbocycles. The minimum absolute atomic E-state index is 0.0134. The molecular weight excluding hydrogens is 294 g/mol. The summed E-state index contributed by atoms with van der Waals surface area (Å²) in [6.45, 7) is 0.737. The molecule has 122 valence electrons. The third-order valence-corrected chi connectivity index (χ3v) is 2.82. The zero-order chi connectivity index (χ0) is 16.7. The van der Waals surface area contributed by atoms with Gasteiger partial charge in [-0.3, -0.25) is 9.59 Å². The van der Waals surface area contributed by atoms with Gasteiger partial charge in [0, 0.05) is 18.3 Å². The third kappa shape index (κ3) is 5.14. The predicted molar refractivity (Wildman–Crippen MR) is 74.5 cm³/mol. The number of rotatable bonds is 8. The lowest BCUT2D eigenvalue weighted by Crippen LogP contribution is -2.55. The van der Waals surface area contributed by atoms with Crippen LogP contribution in [0.1, 0.15) is 12.6 Å². The second-order valence-corrected chi connectivity index (χ2v) is 4.71. The van der Waals surface area contributed by atoms with Crippen LogP contribution in [0.5, 0.6) is 0 Å². The summed E-state index contributed by atoms with van der Waals surface area (Å²) in [5.41, 5.74) is 5.87. The van der Waals surface area contributed by atoms with E-state index >= 15 is 0 Å². The normalized spacial score (nSPS) is 14.7. The summed E-state index contributed by atoms with van der Waals surface area (Å²) in [5.74, 6) is -2.70. The molecule has 10 nitrogen and oxygen atoms in total. The summed E-state index contributed by atoms with van der Waals surface area (Å²) < 4.78 is 0. The number of aliphatic hydroxyl groups excluding tert-OH is 1. The van der Waals surface area contributed by atoms with E-state index in [1.165, 1.54) is 19.4 Å². The molecule has 2 amide bonds. The second kappa shape index (κ2) is 8.10. The topological polar surface area (TPSA) is 170 Å². The minimum atomic E-state index is -1.28. The van der Waals surface area contributed by atoms with Crippen molar-refractivity contribution in [2.75, 3.05) is 6.61 Å². The first kappa shape index (κ1) is 17.6. The monoisotopic (exact) mass is 313 g/mol. The number of hydrogen-bond acceptors (Lipinski definition) is 6. The van der Waals surface area contributed by atoms with Gasteiger partial charge >= 0.3 is 5.97 Å². The Labute approximate surface area is 126 Å². The number of imidazole rings is 1. The van der Waals surface area contributed by atoms with Gasteiger partial charge in [0.15, 0.2) is 0 Å². The molecule has 0 spiro atoms. The molecule has 0 aliphatic heterocycles. The quantitative estimate of drug-likeness (QED) is 0.304. The highest BCUT2D eigenvalue weighted by atomic mass is 16.4. The number of aromatic amines is 1. The summed E-state index contributed by atoms with van der Waals surface area (Å²) in [5, 5.41) is 22.8. The number of carbonyl (C=O) groups excluding carboxylic acids is 2. The average molecular weight is 313 g/mol. The van der Waals surface area contributed by atoms with Crippen LogP contribution < -0.4 is 16.4 Å². The van der Waals surface area contributed by atoms with Crippen LogP contribution in [0.3, 0.4) is 0 Å². The molecular formula is C12H19N5O5. The Hall–Kier alpha value is -2.46. The number of aromatic nitrogens is 2. The Kier molecular flexibility index (Phi) is 6.47. The molecule has 1 aromatic rings. The number of nitrogens with two attached hydrogens (primary N) is 1. The molecule has 10 heteroatoms. The molecule has 0 fully saturated rings. The van der Waals surface area contributed by atoms with E-state index in [4.69, 9.17) is 15.9 Å². The second-order valence-electron chi connectivity index (χ2n) is 4.71. The molecule has 22 heavy (non-hydrogen) atoms. The lowest BCUT2D eigenvalue weighted by molar-refractivity contribution is -0.142. The zero-order valence-electron chi connectivity index (χ0n) is 11.9. The number of aliphatic hydroxyl groups is 1. The van der Waals surface area contributed by atoms with Crippen molar-refractivity contribution < 1.29 is 24.6 Å². The van der Waals surface area contributed by atoms with Crippen LogP contribution in [0.2, 0.25) is 0 Å². The zero-order valence-corrected chi connectivity index (χ0v) is 11.9. The van der Waals surface area contributed by atoms with Gasteiger partial charge < -0.3 is 31.6 Å². The van der Waals surface area contributed by atoms with Gasteiger partial charge in [0.05, 0.1) is 19.0 Å². The highest BCUT2D eigenvalue weighted by Gasteiger charge is 2.27. The first-order valence-electron chi connectivity index (χ1n) is 6.52. The van der Waals surface area contributed by atoms with Crippen molar-refractivity contribution in [3.05, 3.63) is 18.2 Å². The summed E-state index contributed by atoms with van der Waals surface area (Å²) in [6, 6.07) is -3.36. The fraction of sp³-hybridized carbons (Fsp3) is 0.500. The molecule has 3 atom stereocenters. The molecule has 1 aromatic heterocycles. The maximum Gasteiger partial charge on any atom is 0.326 e. The standard InChI is InChI=1S/C12H19N5O5/c1-6(13)10(19)17-9(4-18)11(20)16-8(12(21)22)2-7-3-14-5-15-7/h3,5-6,8-9,18H,2,4,13H2,1H3,(H,14,15)(H,16,20)(H,17,19)(H,21,22)/t6-,8-,9-/m0/s1. The smallest absolute Gasteiger partial charge is 0.326 e. The van der Waals surface area contributed by atoms with Crippen LogP contribution in [0.15, 0.2) is 12.5 Å². The number of aliphatic carboxylic acids is 1. The Morgan fingerprint density at radius 2 is 1.95 bits per heavy atom. The van der Waals surface area contributed by atoms with Crippen LogP contribution in [0.25, 0.3) is 0 Å². The summed E-state index contributed by atoms with van der Waals surface area (Å²) in [6.07, 6.45) is 2.80. The largest absolute Gasteiger partial charge is 0.480 e. The number of nitrogens with zero attached hydrogens (tertiary/aromatic N) is 1. The number of carboxylic acid groups (broad SMARTS) is 1. The first-order valence-corrected chi connectivity index (χ1v) is 6.52. The maximum absolute atomic E-state index is 12.0. The van der Waals surface area contributed by atoms with Gasteiger partial charge in [0.25, 0.3) is 0 Å². The summed E-state index contributed by atoms with van der Waals surface area (Å²) >= 11 is 0. The summed E-state index contributed by atoms with van der Waals surface area (Å²) in [4.78, 5) is 41.1. The van der Waals surface area contributed by atoms with Crippen LogP contribution in [0.4, 0.5) is 0 Å². The highest BCUT2D eigenvalue weighted by molar-refractivity contribution is 5.91. The molecule has 1 heterocycles. The Balaban J connectivity index is 2.68. The molecule has 1 rings (SSSR count). The Morgan fingerprint density at radius 1 is 1.32 bits per heavy atom. The van der Waals surface area contributed by atoms with Gasteiger partial charge in [-0.15, -0.1) is 0 Å². The lowest BCUT2D eigenvalue weighted by atomic mass is 10.1. The average Bonchev–Trinajstić information content (AvgIpc) is 2.96. The highest BCUT2D eigenvalue weighted by Crippen LogP contribution is 2.00. The first-order chi connectivity index (χ1) is 10.3. The van der Waals surface area contributed by atoms with Crippen LogP contribution in [0, 0.1) is 0 Å². The molecule has 0 aromatic carbocycles. The van der Waals surface area contributed by atoms with Gasteiger partial charge in [-0.1, -0.05) is 0 Å². The fourth-order valence-electron chi connectivity index (χ4n) is 1.59. The van der Waals surface area contributed by atoms with Crippen LogP contribution >= 0.6 is 0 Å². The van der Waals surface area contributed by atoms with Crippen LogP contribution in [-0.4, -0.2) is 62.7 Å². The number of carbonyl (C=O) groups is 3. The fourth-order valence-corrected chi connectivity index (χ4v) is 1.59. The van der Waals surface area contributed by atoms with Gasteiger partial charge in [0.2, 0.25) is 11.8 Å². The molecule has 0 saturated carbocycles. The van der Waals surface area contributed by atoms with Crippen molar-refractivity contribution in [1.82, 2.24) is 20.6 Å². The molecule has 0 bridgehead atoms. The number of hydrogen-bond donors (Lipinski definition) is 6. The number of amides is 2. The van der Waals surface area contributed by atoms with Gasteiger partial charge in [-0.25, -0.2) is 9.78 Å². The van der Waals surface area contributed by atoms with E-state index < -0.39 is 42.5 Å². The van der Waals surface area contributed by atoms with E-state index in [9.17, 15) is 14.4 Å².